The number of nitrogens with two attached hydrogens (primary N) is 1. The average molecular weight is 259 g/mol. The molecule has 0 aliphatic heterocycles. The number of ether oxygens (including phenoxy) is 1. The maximum absolute atomic E-state index is 5.69. The van der Waals surface area contributed by atoms with Gasteiger partial charge in [0.2, 0.25) is 0 Å². The molecule has 3 rings (SSSR count). The van der Waals surface area contributed by atoms with Gasteiger partial charge in [0.05, 0.1) is 12.1 Å². The summed E-state index contributed by atoms with van der Waals surface area (Å²) in [6.45, 7) is 0.691. The molecule has 6 heteroatoms. The highest BCUT2D eigenvalue weighted by molar-refractivity contribution is 5.58. The van der Waals surface area contributed by atoms with Gasteiger partial charge in [-0.05, 0) is 54.0 Å². The normalized spacial score (nSPS) is 17.1. The van der Waals surface area contributed by atoms with Crippen molar-refractivity contribution in [2.75, 3.05) is 12.8 Å². The number of hydrogen-bond donors (Lipinski definition) is 1. The van der Waals surface area contributed by atoms with Gasteiger partial charge < -0.3 is 10.5 Å². The molecule has 2 N–H and O–H groups in total. The lowest BCUT2D eigenvalue weighted by Crippen LogP contribution is -2.43. The molecule has 0 amide bonds. The van der Waals surface area contributed by atoms with E-state index in [1.54, 1.807) is 7.11 Å². The fraction of sp³-hybridized carbons (Fsp3) is 0.462. The van der Waals surface area contributed by atoms with E-state index in [9.17, 15) is 0 Å². The lowest BCUT2D eigenvalue weighted by atomic mass is 9.80. The summed E-state index contributed by atoms with van der Waals surface area (Å²) >= 11 is 0. The second-order valence-electron chi connectivity index (χ2n) is 5.02. The smallest absolute Gasteiger partial charge is 0.182 e. The maximum atomic E-state index is 5.69. The van der Waals surface area contributed by atoms with E-state index in [-0.39, 0.29) is 5.60 Å². The number of nitrogen functional groups attached to an aromatic ring is 1. The van der Waals surface area contributed by atoms with Gasteiger partial charge in [0.25, 0.3) is 0 Å². The Balaban J connectivity index is 1.88. The Kier molecular flexibility index (Phi) is 2.94. The fourth-order valence-electron chi connectivity index (χ4n) is 2.42. The van der Waals surface area contributed by atoms with Crippen LogP contribution in [-0.2, 0) is 11.3 Å². The number of benzene rings is 1. The van der Waals surface area contributed by atoms with Gasteiger partial charge in [-0.1, -0.05) is 0 Å². The van der Waals surface area contributed by atoms with E-state index in [1.165, 1.54) is 6.42 Å². The van der Waals surface area contributed by atoms with Crippen molar-refractivity contribution in [2.45, 2.75) is 31.4 Å². The van der Waals surface area contributed by atoms with Crippen molar-refractivity contribution in [1.29, 1.82) is 0 Å². The molecular formula is C13H17N5O. The summed E-state index contributed by atoms with van der Waals surface area (Å²) in [5, 5.41) is 11.9. The predicted octanol–water partition coefficient (Wildman–Crippen LogP) is 1.49. The Morgan fingerprint density at radius 2 is 2.05 bits per heavy atom. The lowest BCUT2D eigenvalue weighted by molar-refractivity contribution is -0.0855. The monoisotopic (exact) mass is 259 g/mol. The van der Waals surface area contributed by atoms with Crippen molar-refractivity contribution in [1.82, 2.24) is 20.2 Å². The van der Waals surface area contributed by atoms with Gasteiger partial charge >= 0.3 is 0 Å². The minimum Gasteiger partial charge on any atom is -0.399 e. The third-order valence-electron chi connectivity index (χ3n) is 3.84. The highest BCUT2D eigenvalue weighted by Gasteiger charge is 2.38. The average Bonchev–Trinajstić information content (AvgIpc) is 2.83. The van der Waals surface area contributed by atoms with E-state index in [4.69, 9.17) is 10.5 Å². The number of tetrazole rings is 1. The van der Waals surface area contributed by atoms with Crippen LogP contribution in [0, 0.1) is 0 Å². The van der Waals surface area contributed by atoms with Crippen LogP contribution in [-0.4, -0.2) is 32.9 Å². The van der Waals surface area contributed by atoms with Crippen LogP contribution in [0.15, 0.2) is 24.3 Å². The van der Waals surface area contributed by atoms with Crippen molar-refractivity contribution in [3.63, 3.8) is 0 Å². The molecule has 1 aliphatic carbocycles. The summed E-state index contributed by atoms with van der Waals surface area (Å²) in [7, 11) is 1.76. The summed E-state index contributed by atoms with van der Waals surface area (Å²) in [4.78, 5) is 0. The van der Waals surface area contributed by atoms with Crippen LogP contribution in [0.3, 0.4) is 0 Å². The Hall–Kier alpha value is -1.95. The SMILES string of the molecule is COC1(Cn2nnnc2-c2ccc(N)cc2)CCC1. The standard InChI is InChI=1S/C13H17N5O/c1-19-13(7-2-8-13)9-18-12(15-16-17-18)10-3-5-11(14)6-4-10/h3-6H,2,7-9,14H2,1H3. The van der Waals surface area contributed by atoms with Gasteiger partial charge in [-0.15, -0.1) is 5.10 Å². The Morgan fingerprint density at radius 1 is 1.32 bits per heavy atom. The number of nitrogens with zero attached hydrogens (tertiary/aromatic N) is 4. The summed E-state index contributed by atoms with van der Waals surface area (Å²) < 4.78 is 7.43. The van der Waals surface area contributed by atoms with Gasteiger partial charge in [0.1, 0.15) is 0 Å². The number of anilines is 1. The van der Waals surface area contributed by atoms with Gasteiger partial charge in [-0.2, -0.15) is 0 Å². The molecule has 100 valence electrons. The van der Waals surface area contributed by atoms with Crippen molar-refractivity contribution in [3.8, 4) is 11.4 Å². The molecule has 1 fully saturated rings. The number of methoxy groups -OCH3 is 1. The summed E-state index contributed by atoms with van der Waals surface area (Å²) in [6.07, 6.45) is 3.32. The minimum atomic E-state index is -0.0993. The summed E-state index contributed by atoms with van der Waals surface area (Å²) in [5.74, 6) is 0.753. The zero-order valence-electron chi connectivity index (χ0n) is 10.9. The van der Waals surface area contributed by atoms with Crippen molar-refractivity contribution in [3.05, 3.63) is 24.3 Å². The fourth-order valence-corrected chi connectivity index (χ4v) is 2.42. The number of rotatable bonds is 4. The first-order valence-electron chi connectivity index (χ1n) is 6.40. The molecule has 19 heavy (non-hydrogen) atoms. The molecule has 0 spiro atoms. The Bertz CT molecular complexity index is 553. The second kappa shape index (κ2) is 4.62. The first kappa shape index (κ1) is 12.1. The van der Waals surface area contributed by atoms with Crippen LogP contribution in [0.2, 0.25) is 0 Å². The van der Waals surface area contributed by atoms with Gasteiger partial charge in [-0.3, -0.25) is 0 Å². The highest BCUT2D eigenvalue weighted by atomic mass is 16.5. The molecule has 6 nitrogen and oxygen atoms in total. The van der Waals surface area contributed by atoms with Crippen LogP contribution in [0.1, 0.15) is 19.3 Å². The summed E-state index contributed by atoms with van der Waals surface area (Å²) in [5.41, 5.74) is 7.29. The third kappa shape index (κ3) is 2.19. The molecule has 0 saturated heterocycles. The molecule has 2 aromatic rings. The highest BCUT2D eigenvalue weighted by Crippen LogP contribution is 2.37. The van der Waals surface area contributed by atoms with Gasteiger partial charge in [-0.25, -0.2) is 4.68 Å². The molecule has 0 radical (unpaired) electrons. The molecular weight excluding hydrogens is 242 g/mol. The van der Waals surface area contributed by atoms with Crippen molar-refractivity contribution < 1.29 is 4.74 Å². The molecule has 0 unspecified atom stereocenters. The Morgan fingerprint density at radius 3 is 2.63 bits per heavy atom. The first-order valence-corrected chi connectivity index (χ1v) is 6.40. The van der Waals surface area contributed by atoms with Crippen molar-refractivity contribution in [2.24, 2.45) is 0 Å². The van der Waals surface area contributed by atoms with E-state index < -0.39 is 0 Å². The number of hydrogen-bond acceptors (Lipinski definition) is 5. The van der Waals surface area contributed by atoms with E-state index in [1.807, 2.05) is 28.9 Å². The van der Waals surface area contributed by atoms with Gasteiger partial charge in [0, 0.05) is 18.4 Å². The zero-order valence-corrected chi connectivity index (χ0v) is 10.9. The summed E-state index contributed by atoms with van der Waals surface area (Å²) in [6, 6.07) is 7.56. The van der Waals surface area contributed by atoms with E-state index >= 15 is 0 Å². The molecule has 1 aromatic heterocycles. The largest absolute Gasteiger partial charge is 0.399 e. The van der Waals surface area contributed by atoms with E-state index in [0.717, 1.165) is 29.9 Å². The second-order valence-corrected chi connectivity index (χ2v) is 5.02. The quantitative estimate of drug-likeness (QED) is 0.841. The molecule has 1 saturated carbocycles. The van der Waals surface area contributed by atoms with Crippen LogP contribution < -0.4 is 5.73 Å². The number of aromatic nitrogens is 4. The van der Waals surface area contributed by atoms with Gasteiger partial charge in [0.15, 0.2) is 5.82 Å². The van der Waals surface area contributed by atoms with Crippen LogP contribution >= 0.6 is 0 Å². The molecule has 0 atom stereocenters. The molecule has 0 bridgehead atoms. The third-order valence-corrected chi connectivity index (χ3v) is 3.84. The minimum absolute atomic E-state index is 0.0993. The lowest BCUT2D eigenvalue weighted by Gasteiger charge is -2.40. The zero-order chi connectivity index (χ0) is 13.3. The van der Waals surface area contributed by atoms with E-state index in [0.29, 0.717) is 6.54 Å². The van der Waals surface area contributed by atoms with Crippen molar-refractivity contribution >= 4 is 5.69 Å². The Labute approximate surface area is 111 Å². The van der Waals surface area contributed by atoms with Crippen LogP contribution in [0.4, 0.5) is 5.69 Å². The molecule has 1 heterocycles. The first-order chi connectivity index (χ1) is 9.22. The molecule has 1 aromatic carbocycles. The van der Waals surface area contributed by atoms with Crippen LogP contribution in [0.5, 0.6) is 0 Å². The maximum Gasteiger partial charge on any atom is 0.182 e. The van der Waals surface area contributed by atoms with E-state index in [2.05, 4.69) is 15.5 Å². The molecule has 1 aliphatic rings. The predicted molar refractivity (Wildman–Crippen MR) is 71.3 cm³/mol. The topological polar surface area (TPSA) is 78.8 Å². The van der Waals surface area contributed by atoms with Crippen LogP contribution in [0.25, 0.3) is 11.4 Å².